The minimum absolute atomic E-state index is 0.0559. The summed E-state index contributed by atoms with van der Waals surface area (Å²) in [5.74, 6) is 0.124. The van der Waals surface area contributed by atoms with Crippen molar-refractivity contribution in [2.75, 3.05) is 31.1 Å². The van der Waals surface area contributed by atoms with E-state index in [1.165, 1.54) is 16.3 Å². The number of thioether (sulfide) groups is 1. The third kappa shape index (κ3) is 5.05. The van der Waals surface area contributed by atoms with Crippen molar-refractivity contribution in [3.8, 4) is 6.07 Å². The summed E-state index contributed by atoms with van der Waals surface area (Å²) in [6.07, 6.45) is 4.77. The molecule has 2 aliphatic rings. The number of carbonyl (C=O) groups is 2. The Kier molecular flexibility index (Phi) is 8.55. The number of esters is 1. The van der Waals surface area contributed by atoms with Crippen LogP contribution in [0.4, 0.5) is 5.82 Å². The van der Waals surface area contributed by atoms with Crippen LogP contribution in [-0.4, -0.2) is 51.9 Å². The van der Waals surface area contributed by atoms with Gasteiger partial charge in [-0.05, 0) is 44.7 Å². The van der Waals surface area contributed by atoms with Crippen LogP contribution in [0, 0.1) is 24.2 Å². The molecule has 0 unspecified atom stereocenters. The third-order valence-electron chi connectivity index (χ3n) is 6.27. The van der Waals surface area contributed by atoms with Crippen molar-refractivity contribution in [1.82, 2.24) is 9.47 Å². The number of hydrogen-bond acceptors (Lipinski definition) is 8. The van der Waals surface area contributed by atoms with Gasteiger partial charge in [0, 0.05) is 32.2 Å². The molecule has 0 aliphatic carbocycles. The molecule has 8 nitrogen and oxygen atoms in total. The molecule has 0 aromatic carbocycles. The van der Waals surface area contributed by atoms with Crippen LogP contribution in [0.15, 0.2) is 9.70 Å². The number of nitrogens with zero attached hydrogens (tertiary/aromatic N) is 4. The Balaban J connectivity index is 2.02. The van der Waals surface area contributed by atoms with Crippen LogP contribution in [0.25, 0.3) is 6.08 Å². The normalized spacial score (nSPS) is 18.0. The number of aromatic nitrogens is 1. The van der Waals surface area contributed by atoms with Crippen molar-refractivity contribution in [3.63, 3.8) is 0 Å². The summed E-state index contributed by atoms with van der Waals surface area (Å²) in [4.78, 5) is 42.3. The molecular formula is C24H30N4O4S2. The fourth-order valence-corrected chi connectivity index (χ4v) is 5.61. The number of hydrogen-bond donors (Lipinski definition) is 0. The van der Waals surface area contributed by atoms with Gasteiger partial charge in [0.05, 0.1) is 17.4 Å². The van der Waals surface area contributed by atoms with Gasteiger partial charge in [-0.2, -0.15) is 5.26 Å². The number of amides is 1. The van der Waals surface area contributed by atoms with Crippen LogP contribution in [0.1, 0.15) is 56.2 Å². The molecule has 2 aliphatic heterocycles. The van der Waals surface area contributed by atoms with Gasteiger partial charge in [-0.1, -0.05) is 37.3 Å². The summed E-state index contributed by atoms with van der Waals surface area (Å²) in [6, 6.07) is 2.02. The van der Waals surface area contributed by atoms with Crippen molar-refractivity contribution in [2.24, 2.45) is 13.0 Å². The Hall–Kier alpha value is -2.64. The number of thiocarbonyl (C=S) groups is 1. The number of anilines is 1. The zero-order chi connectivity index (χ0) is 25.0. The maximum atomic E-state index is 13.1. The molecule has 10 heteroatoms. The molecule has 0 spiro atoms. The summed E-state index contributed by atoms with van der Waals surface area (Å²) < 4.78 is 7.16. The van der Waals surface area contributed by atoms with Crippen molar-refractivity contribution in [1.29, 1.82) is 5.26 Å². The first kappa shape index (κ1) is 26.0. The quantitative estimate of drug-likeness (QED) is 0.318. The first-order chi connectivity index (χ1) is 16.2. The number of unbranched alkanes of at least 4 members (excludes halogenated alkanes) is 1. The summed E-state index contributed by atoms with van der Waals surface area (Å²) in [5, 5.41) is 9.64. The summed E-state index contributed by atoms with van der Waals surface area (Å²) in [5.41, 5.74) is 0.867. The fraction of sp³-hybridized carbons (Fsp3) is 0.542. The second kappa shape index (κ2) is 11.2. The van der Waals surface area contributed by atoms with Crippen LogP contribution in [0.5, 0.6) is 0 Å². The van der Waals surface area contributed by atoms with Gasteiger partial charge < -0.3 is 9.64 Å². The van der Waals surface area contributed by atoms with Gasteiger partial charge in [0.25, 0.3) is 11.5 Å². The molecule has 0 radical (unpaired) electrons. The largest absolute Gasteiger partial charge is 0.466 e. The molecule has 0 atom stereocenters. The van der Waals surface area contributed by atoms with Crippen LogP contribution >= 0.6 is 24.0 Å². The topological polar surface area (TPSA) is 95.6 Å². The van der Waals surface area contributed by atoms with Crippen LogP contribution in [0.3, 0.4) is 0 Å². The minimum Gasteiger partial charge on any atom is -0.466 e. The molecule has 0 N–H and O–H groups in total. The van der Waals surface area contributed by atoms with E-state index in [2.05, 4.69) is 11.8 Å². The van der Waals surface area contributed by atoms with E-state index in [4.69, 9.17) is 17.0 Å². The second-order valence-corrected chi connectivity index (χ2v) is 10.1. The van der Waals surface area contributed by atoms with E-state index in [-0.39, 0.29) is 28.9 Å². The highest BCUT2D eigenvalue weighted by Crippen LogP contribution is 2.36. The summed E-state index contributed by atoms with van der Waals surface area (Å²) in [6.45, 7) is 7.62. The average molecular weight is 503 g/mol. The lowest BCUT2D eigenvalue weighted by molar-refractivity contribution is -0.148. The number of pyridine rings is 1. The standard InChI is InChI=1S/C24H30N4O4S2/c1-5-7-10-28-22(30)19(34-24(28)33)13-17-15(3)18(14-25)21(29)26(4)20(17)27-11-8-16(9-12-27)23(31)32-6-2/h13,16H,5-12H2,1-4H3/b19-13-. The molecule has 1 aromatic heterocycles. The fourth-order valence-electron chi connectivity index (χ4n) is 4.32. The summed E-state index contributed by atoms with van der Waals surface area (Å²) in [7, 11) is 1.64. The lowest BCUT2D eigenvalue weighted by Gasteiger charge is -2.35. The smallest absolute Gasteiger partial charge is 0.309 e. The molecule has 1 aromatic rings. The highest BCUT2D eigenvalue weighted by molar-refractivity contribution is 8.26. The SMILES string of the molecule is CCCCN1C(=O)/C(=C/c2c(C)c(C#N)c(=O)n(C)c2N2CCC(C(=O)OCC)CC2)SC1=S. The van der Waals surface area contributed by atoms with Gasteiger partial charge in [0.1, 0.15) is 21.8 Å². The molecule has 3 heterocycles. The lowest BCUT2D eigenvalue weighted by atomic mass is 9.95. The van der Waals surface area contributed by atoms with Crippen molar-refractivity contribution in [2.45, 2.75) is 46.5 Å². The van der Waals surface area contributed by atoms with Gasteiger partial charge in [-0.25, -0.2) is 0 Å². The van der Waals surface area contributed by atoms with Crippen LogP contribution in [-0.2, 0) is 21.4 Å². The number of carbonyl (C=O) groups excluding carboxylic acids is 2. The molecule has 1 amide bonds. The molecule has 182 valence electrons. The molecule has 3 rings (SSSR count). The second-order valence-electron chi connectivity index (χ2n) is 8.41. The van der Waals surface area contributed by atoms with Gasteiger partial charge in [0.15, 0.2) is 0 Å². The highest BCUT2D eigenvalue weighted by Gasteiger charge is 2.33. The number of piperidine rings is 1. The predicted molar refractivity (Wildman–Crippen MR) is 137 cm³/mol. The molecular weight excluding hydrogens is 472 g/mol. The van der Waals surface area contributed by atoms with E-state index in [9.17, 15) is 19.6 Å². The molecule has 0 bridgehead atoms. The maximum Gasteiger partial charge on any atom is 0.309 e. The highest BCUT2D eigenvalue weighted by atomic mass is 32.2. The van der Waals surface area contributed by atoms with Crippen molar-refractivity contribution >= 4 is 52.1 Å². The molecule has 0 saturated carbocycles. The third-order valence-corrected chi connectivity index (χ3v) is 7.64. The van der Waals surface area contributed by atoms with Gasteiger partial charge >= 0.3 is 5.97 Å². The Morgan fingerprint density at radius 3 is 2.56 bits per heavy atom. The predicted octanol–water partition coefficient (Wildman–Crippen LogP) is 3.35. The van der Waals surface area contributed by atoms with E-state index in [0.717, 1.165) is 12.8 Å². The van der Waals surface area contributed by atoms with Crippen molar-refractivity contribution < 1.29 is 14.3 Å². The van der Waals surface area contributed by atoms with Crippen LogP contribution < -0.4 is 10.5 Å². The van der Waals surface area contributed by atoms with Gasteiger partial charge in [-0.3, -0.25) is 23.9 Å². The average Bonchev–Trinajstić information content (AvgIpc) is 3.09. The Labute approximate surface area is 209 Å². The summed E-state index contributed by atoms with van der Waals surface area (Å²) >= 11 is 6.68. The lowest BCUT2D eigenvalue weighted by Crippen LogP contribution is -2.40. The van der Waals surface area contributed by atoms with Gasteiger partial charge in [0.2, 0.25) is 0 Å². The van der Waals surface area contributed by atoms with E-state index < -0.39 is 0 Å². The Morgan fingerprint density at radius 1 is 1.29 bits per heavy atom. The first-order valence-electron chi connectivity index (χ1n) is 11.6. The number of ether oxygens (including phenoxy) is 1. The van der Waals surface area contributed by atoms with Crippen LogP contribution in [0.2, 0.25) is 0 Å². The van der Waals surface area contributed by atoms with Gasteiger partial charge in [-0.15, -0.1) is 0 Å². The zero-order valence-electron chi connectivity index (χ0n) is 20.0. The first-order valence-corrected chi connectivity index (χ1v) is 12.8. The molecule has 2 fully saturated rings. The van der Waals surface area contributed by atoms with E-state index >= 15 is 0 Å². The van der Waals surface area contributed by atoms with E-state index in [1.54, 1.807) is 31.9 Å². The van der Waals surface area contributed by atoms with E-state index in [1.807, 2.05) is 6.07 Å². The molecule has 2 saturated heterocycles. The van der Waals surface area contributed by atoms with Crippen molar-refractivity contribution in [3.05, 3.63) is 31.9 Å². The number of nitriles is 1. The Bertz CT molecular complexity index is 1130. The minimum atomic E-state index is -0.379. The number of rotatable bonds is 7. The van der Waals surface area contributed by atoms with E-state index in [0.29, 0.717) is 65.3 Å². The molecule has 34 heavy (non-hydrogen) atoms. The monoisotopic (exact) mass is 502 g/mol. The zero-order valence-corrected chi connectivity index (χ0v) is 21.7. The maximum absolute atomic E-state index is 13.1. The Morgan fingerprint density at radius 2 is 1.97 bits per heavy atom.